The molecule has 0 saturated heterocycles. The fourth-order valence-corrected chi connectivity index (χ4v) is 6.36. The van der Waals surface area contributed by atoms with Crippen molar-refractivity contribution in [3.8, 4) is 0 Å². The number of fused-ring (bicyclic) bond motifs is 3. The van der Waals surface area contributed by atoms with Gasteiger partial charge in [0.15, 0.2) is 0 Å². The Balaban J connectivity index is 2.21. The lowest BCUT2D eigenvalue weighted by atomic mass is 9.38. The van der Waals surface area contributed by atoms with E-state index >= 15 is 0 Å². The second-order valence-corrected chi connectivity index (χ2v) is 8.91. The van der Waals surface area contributed by atoms with Crippen molar-refractivity contribution in [3.63, 3.8) is 0 Å². The van der Waals surface area contributed by atoms with E-state index in [4.69, 9.17) is 0 Å². The summed E-state index contributed by atoms with van der Waals surface area (Å²) in [6.45, 7) is 10.9. The summed E-state index contributed by atoms with van der Waals surface area (Å²) in [5.41, 5.74) is -5.44. The molecular formula is C20H30O6. The third-order valence-corrected chi connectivity index (χ3v) is 8.13. The molecule has 3 aliphatic rings. The van der Waals surface area contributed by atoms with Gasteiger partial charge in [0.25, 0.3) is 0 Å². The molecule has 0 aliphatic heterocycles. The fourth-order valence-electron chi connectivity index (χ4n) is 6.36. The van der Waals surface area contributed by atoms with Crippen molar-refractivity contribution in [2.75, 3.05) is 0 Å². The molecular weight excluding hydrogens is 336 g/mol. The zero-order valence-electron chi connectivity index (χ0n) is 15.5. The van der Waals surface area contributed by atoms with E-state index in [2.05, 4.69) is 13.2 Å². The summed E-state index contributed by atoms with van der Waals surface area (Å²) in [5, 5.41) is 54.6. The van der Waals surface area contributed by atoms with Gasteiger partial charge in [-0.2, -0.15) is 0 Å². The van der Waals surface area contributed by atoms with Gasteiger partial charge in [0.2, 0.25) is 0 Å². The van der Waals surface area contributed by atoms with E-state index < -0.39 is 52.0 Å². The molecule has 5 N–H and O–H groups in total. The van der Waals surface area contributed by atoms with Crippen molar-refractivity contribution in [1.82, 2.24) is 0 Å². The first-order valence-corrected chi connectivity index (χ1v) is 9.25. The number of aliphatic hydroxyl groups is 4. The van der Waals surface area contributed by atoms with Gasteiger partial charge in [-0.05, 0) is 38.5 Å². The zero-order valence-corrected chi connectivity index (χ0v) is 15.5. The lowest BCUT2D eigenvalue weighted by Gasteiger charge is -2.69. The van der Waals surface area contributed by atoms with E-state index in [1.807, 2.05) is 0 Å². The quantitative estimate of drug-likeness (QED) is 0.469. The number of hydrogen-bond acceptors (Lipinski definition) is 5. The van der Waals surface area contributed by atoms with Crippen LogP contribution in [0, 0.1) is 22.7 Å². The molecule has 0 aromatic heterocycles. The number of aliphatic carboxylic acids is 1. The van der Waals surface area contributed by atoms with Crippen molar-refractivity contribution < 1.29 is 30.3 Å². The molecule has 26 heavy (non-hydrogen) atoms. The Morgan fingerprint density at radius 1 is 1.19 bits per heavy atom. The second kappa shape index (κ2) is 5.64. The van der Waals surface area contributed by atoms with Gasteiger partial charge in [-0.3, -0.25) is 4.79 Å². The maximum atomic E-state index is 12.1. The van der Waals surface area contributed by atoms with Crippen LogP contribution in [-0.4, -0.2) is 54.9 Å². The van der Waals surface area contributed by atoms with Crippen LogP contribution >= 0.6 is 0 Å². The minimum absolute atomic E-state index is 0.212. The molecule has 3 aliphatic carbocycles. The van der Waals surface area contributed by atoms with E-state index in [-0.39, 0.29) is 12.8 Å². The smallest absolute Gasteiger partial charge is 0.314 e. The third kappa shape index (κ3) is 1.93. The monoisotopic (exact) mass is 366 g/mol. The fraction of sp³-hybridized carbons (Fsp3) is 0.750. The molecule has 6 nitrogen and oxygen atoms in total. The first kappa shape index (κ1) is 19.5. The summed E-state index contributed by atoms with van der Waals surface area (Å²) in [4.78, 5) is 12.1. The highest BCUT2D eigenvalue weighted by Crippen LogP contribution is 2.68. The van der Waals surface area contributed by atoms with Gasteiger partial charge in [-0.1, -0.05) is 25.2 Å². The summed E-state index contributed by atoms with van der Waals surface area (Å²) in [7, 11) is 0. The molecule has 0 aromatic rings. The minimum Gasteiger partial charge on any atom is -0.481 e. The second-order valence-electron chi connectivity index (χ2n) is 8.91. The number of aliphatic hydroxyl groups excluding tert-OH is 2. The van der Waals surface area contributed by atoms with Crippen LogP contribution in [0.25, 0.3) is 0 Å². The van der Waals surface area contributed by atoms with E-state index in [1.165, 1.54) is 6.92 Å². The van der Waals surface area contributed by atoms with Gasteiger partial charge < -0.3 is 25.5 Å². The van der Waals surface area contributed by atoms with E-state index in [0.717, 1.165) is 5.57 Å². The number of rotatable bonds is 2. The molecule has 0 aromatic carbocycles. The summed E-state index contributed by atoms with van der Waals surface area (Å²) in [5.74, 6) is -2.36. The van der Waals surface area contributed by atoms with Crippen LogP contribution in [-0.2, 0) is 4.79 Å². The summed E-state index contributed by atoms with van der Waals surface area (Å²) >= 11 is 0. The van der Waals surface area contributed by atoms with Gasteiger partial charge in [0.05, 0.1) is 17.8 Å². The molecule has 0 bridgehead atoms. The standard InChI is InChI=1S/C20H30O6/c1-5-12-11(2)6-7-13-17(3)9-8-14(21)18(4,16(23)24)19(17,25)10-15(22)20(12,13)26/h5,12-15,21-22,25-26H,1-2,6-10H2,3-4H3,(H,23,24). The maximum Gasteiger partial charge on any atom is 0.314 e. The van der Waals surface area contributed by atoms with Crippen LogP contribution in [0.4, 0.5) is 0 Å². The van der Waals surface area contributed by atoms with Crippen molar-refractivity contribution >= 4 is 5.97 Å². The molecule has 0 amide bonds. The Hall–Kier alpha value is -1.21. The Kier molecular flexibility index (Phi) is 4.24. The lowest BCUT2D eigenvalue weighted by molar-refractivity contribution is -0.323. The van der Waals surface area contributed by atoms with Gasteiger partial charge in [0, 0.05) is 17.8 Å². The zero-order chi connectivity index (χ0) is 19.7. The number of carboxylic acids is 1. The minimum atomic E-state index is -1.86. The van der Waals surface area contributed by atoms with E-state index in [1.54, 1.807) is 13.0 Å². The molecule has 3 fully saturated rings. The Bertz CT molecular complexity index is 661. The Morgan fingerprint density at radius 2 is 1.81 bits per heavy atom. The first-order valence-electron chi connectivity index (χ1n) is 9.25. The Morgan fingerprint density at radius 3 is 2.35 bits per heavy atom. The topological polar surface area (TPSA) is 118 Å². The highest BCUT2D eigenvalue weighted by atomic mass is 16.4. The highest BCUT2D eigenvalue weighted by molar-refractivity contribution is 5.77. The molecule has 8 unspecified atom stereocenters. The van der Waals surface area contributed by atoms with E-state index in [0.29, 0.717) is 19.3 Å². The molecule has 0 spiro atoms. The van der Waals surface area contributed by atoms with Crippen molar-refractivity contribution in [2.24, 2.45) is 22.7 Å². The summed E-state index contributed by atoms with van der Waals surface area (Å²) < 4.78 is 0. The van der Waals surface area contributed by atoms with Crippen molar-refractivity contribution in [1.29, 1.82) is 0 Å². The highest BCUT2D eigenvalue weighted by Gasteiger charge is 2.76. The van der Waals surface area contributed by atoms with E-state index in [9.17, 15) is 30.3 Å². The van der Waals surface area contributed by atoms with Gasteiger partial charge in [0.1, 0.15) is 11.0 Å². The summed E-state index contributed by atoms with van der Waals surface area (Å²) in [6, 6.07) is 0. The molecule has 3 saturated carbocycles. The SMILES string of the molecule is C=CC1C(=C)CCC2C1(O)C(O)CC1(O)C2(C)CCC(O)C1(C)C(=O)O. The molecule has 8 atom stereocenters. The number of carboxylic acid groups (broad SMARTS) is 1. The maximum absolute atomic E-state index is 12.1. The van der Waals surface area contributed by atoms with Crippen LogP contribution in [0.5, 0.6) is 0 Å². The number of carbonyl (C=O) groups is 1. The van der Waals surface area contributed by atoms with Gasteiger partial charge >= 0.3 is 5.97 Å². The lowest BCUT2D eigenvalue weighted by Crippen LogP contribution is -2.79. The average molecular weight is 366 g/mol. The van der Waals surface area contributed by atoms with Crippen molar-refractivity contribution in [3.05, 3.63) is 24.8 Å². The predicted octanol–water partition coefficient (Wildman–Crippen LogP) is 1.23. The number of hydrogen-bond donors (Lipinski definition) is 5. The van der Waals surface area contributed by atoms with Crippen LogP contribution in [0.2, 0.25) is 0 Å². The molecule has 6 heteroatoms. The molecule has 0 radical (unpaired) electrons. The summed E-state index contributed by atoms with van der Waals surface area (Å²) in [6.07, 6.45) is 0.344. The van der Waals surface area contributed by atoms with Gasteiger partial charge in [-0.15, -0.1) is 6.58 Å². The first-order chi connectivity index (χ1) is 11.9. The van der Waals surface area contributed by atoms with Crippen molar-refractivity contribution in [2.45, 2.75) is 69.4 Å². The Labute approximate surface area is 153 Å². The van der Waals surface area contributed by atoms with Crippen LogP contribution < -0.4 is 0 Å². The molecule has 146 valence electrons. The largest absolute Gasteiger partial charge is 0.481 e. The normalized spacial score (nSPS) is 54.2. The molecule has 0 heterocycles. The van der Waals surface area contributed by atoms with Gasteiger partial charge in [-0.25, -0.2) is 0 Å². The van der Waals surface area contributed by atoms with Crippen LogP contribution in [0.3, 0.4) is 0 Å². The van der Waals surface area contributed by atoms with Crippen LogP contribution in [0.1, 0.15) is 46.0 Å². The predicted molar refractivity (Wildman–Crippen MR) is 95.2 cm³/mol. The van der Waals surface area contributed by atoms with Crippen LogP contribution in [0.15, 0.2) is 24.8 Å². The third-order valence-electron chi connectivity index (χ3n) is 8.13. The average Bonchev–Trinajstić information content (AvgIpc) is 2.56. The molecule has 3 rings (SSSR count).